The third-order valence-corrected chi connectivity index (χ3v) is 2.39. The highest BCUT2D eigenvalue weighted by atomic mass is 16.5. The lowest BCUT2D eigenvalue weighted by atomic mass is 9.93. The third-order valence-electron chi connectivity index (χ3n) is 2.39. The molecular formula is C7H12O4. The molecule has 0 aromatic carbocycles. The van der Waals surface area contributed by atoms with Crippen LogP contribution in [0, 0.1) is 0 Å². The van der Waals surface area contributed by atoms with Crippen LogP contribution in [-0.2, 0) is 4.79 Å². The van der Waals surface area contributed by atoms with Crippen molar-refractivity contribution in [1.29, 1.82) is 0 Å². The molecular weight excluding hydrogens is 148 g/mol. The van der Waals surface area contributed by atoms with Crippen molar-refractivity contribution >= 4 is 5.78 Å². The first-order valence-corrected chi connectivity index (χ1v) is 3.64. The van der Waals surface area contributed by atoms with Gasteiger partial charge in [-0.2, -0.15) is 0 Å². The molecule has 0 aliphatic heterocycles. The monoisotopic (exact) mass is 160 g/mol. The number of hydrogen-bond acceptors (Lipinski definition) is 4. The summed E-state index contributed by atoms with van der Waals surface area (Å²) in [4.78, 5) is 10.8. The fourth-order valence-electron chi connectivity index (χ4n) is 1.35. The lowest BCUT2D eigenvalue weighted by molar-refractivity contribution is -0.245. The molecule has 1 atom stereocenters. The number of rotatable bonds is 1. The van der Waals surface area contributed by atoms with E-state index in [1.807, 2.05) is 0 Å². The molecule has 0 amide bonds. The second kappa shape index (κ2) is 2.27. The highest BCUT2D eigenvalue weighted by Crippen LogP contribution is 2.36. The zero-order valence-electron chi connectivity index (χ0n) is 6.37. The van der Waals surface area contributed by atoms with Gasteiger partial charge in [0, 0.05) is 6.42 Å². The van der Waals surface area contributed by atoms with Crippen molar-refractivity contribution in [3.05, 3.63) is 0 Å². The molecule has 3 N–H and O–H groups in total. The van der Waals surface area contributed by atoms with Gasteiger partial charge >= 0.3 is 0 Å². The van der Waals surface area contributed by atoms with E-state index in [-0.39, 0.29) is 19.3 Å². The Kier molecular flexibility index (Phi) is 1.78. The Balaban J connectivity index is 2.95. The molecule has 1 fully saturated rings. The van der Waals surface area contributed by atoms with Gasteiger partial charge in [-0.3, -0.25) is 4.79 Å². The molecule has 1 unspecified atom stereocenters. The van der Waals surface area contributed by atoms with Crippen molar-refractivity contribution in [3.63, 3.8) is 0 Å². The Bertz CT molecular complexity index is 187. The Morgan fingerprint density at radius 1 is 1.45 bits per heavy atom. The Hall–Kier alpha value is -0.450. The lowest BCUT2D eigenvalue weighted by Crippen LogP contribution is -2.53. The summed E-state index contributed by atoms with van der Waals surface area (Å²) in [6.45, 7) is 1.61. The average Bonchev–Trinajstić information content (AvgIpc) is 2.15. The van der Waals surface area contributed by atoms with Gasteiger partial charge in [0.15, 0.2) is 5.78 Å². The van der Waals surface area contributed by atoms with Crippen LogP contribution in [0.1, 0.15) is 26.2 Å². The van der Waals surface area contributed by atoms with E-state index in [9.17, 15) is 9.90 Å². The smallest absolute Gasteiger partial charge is 0.253 e. The van der Waals surface area contributed by atoms with Crippen LogP contribution in [0.3, 0.4) is 0 Å². The van der Waals surface area contributed by atoms with E-state index in [0.29, 0.717) is 0 Å². The maximum absolute atomic E-state index is 10.8. The van der Waals surface area contributed by atoms with Crippen LogP contribution in [-0.4, -0.2) is 32.5 Å². The van der Waals surface area contributed by atoms with Crippen LogP contribution in [0.2, 0.25) is 0 Å². The molecule has 1 aliphatic carbocycles. The normalized spacial score (nSPS) is 36.2. The number of carbonyl (C=O) groups is 1. The second-order valence-electron chi connectivity index (χ2n) is 2.98. The number of Topliss-reactive ketones (excluding diaryl/α,β-unsaturated/α-hetero) is 1. The fourth-order valence-corrected chi connectivity index (χ4v) is 1.35. The molecule has 11 heavy (non-hydrogen) atoms. The van der Waals surface area contributed by atoms with Gasteiger partial charge in [-0.05, 0) is 12.8 Å². The van der Waals surface area contributed by atoms with Crippen molar-refractivity contribution in [2.75, 3.05) is 0 Å². The molecule has 0 heterocycles. The lowest BCUT2D eigenvalue weighted by Gasteiger charge is -2.30. The topological polar surface area (TPSA) is 77.8 Å². The number of carbonyl (C=O) groups excluding carboxylic acids is 1. The molecule has 4 nitrogen and oxygen atoms in total. The van der Waals surface area contributed by atoms with Gasteiger partial charge in [-0.15, -0.1) is 0 Å². The van der Waals surface area contributed by atoms with Crippen LogP contribution in [0.15, 0.2) is 0 Å². The van der Waals surface area contributed by atoms with Gasteiger partial charge in [-0.1, -0.05) is 6.92 Å². The van der Waals surface area contributed by atoms with E-state index in [0.717, 1.165) is 0 Å². The van der Waals surface area contributed by atoms with Crippen molar-refractivity contribution in [1.82, 2.24) is 0 Å². The zero-order chi connectivity index (χ0) is 8.70. The molecule has 0 bridgehead atoms. The standard InChI is InChI=1S/C7H12O4/c1-2-6(9)4-3-5(8)7(6,10)11/h9-11H,2-4H2,1H3. The minimum atomic E-state index is -2.53. The maximum atomic E-state index is 10.8. The largest absolute Gasteiger partial charge is 0.384 e. The van der Waals surface area contributed by atoms with E-state index < -0.39 is 17.2 Å². The van der Waals surface area contributed by atoms with Crippen LogP contribution in [0.4, 0.5) is 0 Å². The summed E-state index contributed by atoms with van der Waals surface area (Å²) in [5, 5.41) is 27.8. The Morgan fingerprint density at radius 2 is 2.00 bits per heavy atom. The Labute approximate surface area is 64.5 Å². The van der Waals surface area contributed by atoms with Crippen LogP contribution in [0.25, 0.3) is 0 Å². The predicted molar refractivity (Wildman–Crippen MR) is 36.7 cm³/mol. The first-order valence-electron chi connectivity index (χ1n) is 3.64. The van der Waals surface area contributed by atoms with E-state index in [1.165, 1.54) is 0 Å². The fraction of sp³-hybridized carbons (Fsp3) is 0.857. The number of ketones is 1. The van der Waals surface area contributed by atoms with Crippen LogP contribution in [0.5, 0.6) is 0 Å². The zero-order valence-corrected chi connectivity index (χ0v) is 6.37. The highest BCUT2D eigenvalue weighted by molar-refractivity contribution is 5.89. The molecule has 64 valence electrons. The Morgan fingerprint density at radius 3 is 2.18 bits per heavy atom. The third kappa shape index (κ3) is 0.982. The first kappa shape index (κ1) is 8.64. The van der Waals surface area contributed by atoms with Gasteiger partial charge in [0.2, 0.25) is 0 Å². The molecule has 0 aromatic heterocycles. The molecule has 4 heteroatoms. The summed E-state index contributed by atoms with van der Waals surface area (Å²) in [7, 11) is 0. The predicted octanol–water partition coefficient (Wildman–Crippen LogP) is -0.829. The summed E-state index contributed by atoms with van der Waals surface area (Å²) in [5.74, 6) is -3.22. The minimum absolute atomic E-state index is 0.0390. The van der Waals surface area contributed by atoms with E-state index >= 15 is 0 Å². The first-order chi connectivity index (χ1) is 4.94. The van der Waals surface area contributed by atoms with Gasteiger partial charge in [-0.25, -0.2) is 0 Å². The molecule has 1 saturated carbocycles. The van der Waals surface area contributed by atoms with Gasteiger partial charge in [0.05, 0.1) is 0 Å². The summed E-state index contributed by atoms with van der Waals surface area (Å²) < 4.78 is 0. The van der Waals surface area contributed by atoms with Crippen LogP contribution < -0.4 is 0 Å². The highest BCUT2D eigenvalue weighted by Gasteiger charge is 2.57. The number of aliphatic hydroxyl groups is 3. The van der Waals surface area contributed by atoms with Gasteiger partial charge in [0.1, 0.15) is 5.60 Å². The van der Waals surface area contributed by atoms with Crippen molar-refractivity contribution in [2.24, 2.45) is 0 Å². The quantitative estimate of drug-likeness (QED) is 0.437. The summed E-state index contributed by atoms with van der Waals surface area (Å²) >= 11 is 0. The van der Waals surface area contributed by atoms with Gasteiger partial charge in [0.25, 0.3) is 5.79 Å². The molecule has 0 spiro atoms. The molecule has 1 rings (SSSR count). The minimum Gasteiger partial charge on any atom is -0.384 e. The van der Waals surface area contributed by atoms with Gasteiger partial charge < -0.3 is 15.3 Å². The molecule has 0 radical (unpaired) electrons. The van der Waals surface area contributed by atoms with E-state index in [2.05, 4.69) is 0 Å². The molecule has 1 aliphatic rings. The molecule has 0 aromatic rings. The van der Waals surface area contributed by atoms with E-state index in [4.69, 9.17) is 10.2 Å². The summed E-state index contributed by atoms with van der Waals surface area (Å²) in [6.07, 6.45) is 0.346. The SMILES string of the molecule is CCC1(O)CCC(=O)C1(O)O. The van der Waals surface area contributed by atoms with Crippen LogP contribution >= 0.6 is 0 Å². The summed E-state index contributed by atoms with van der Waals surface area (Å²) in [6, 6.07) is 0. The van der Waals surface area contributed by atoms with E-state index in [1.54, 1.807) is 6.92 Å². The maximum Gasteiger partial charge on any atom is 0.253 e. The number of hydrogen-bond donors (Lipinski definition) is 3. The van der Waals surface area contributed by atoms with Crippen molar-refractivity contribution in [2.45, 2.75) is 37.6 Å². The second-order valence-corrected chi connectivity index (χ2v) is 2.98. The van der Waals surface area contributed by atoms with Crippen molar-refractivity contribution < 1.29 is 20.1 Å². The average molecular weight is 160 g/mol. The summed E-state index contributed by atoms with van der Waals surface area (Å²) in [5.41, 5.74) is -1.63. The van der Waals surface area contributed by atoms with Crippen molar-refractivity contribution in [3.8, 4) is 0 Å². The molecule has 0 saturated heterocycles.